The quantitative estimate of drug-likeness (QED) is 0.420. The molecule has 32 heavy (non-hydrogen) atoms. The summed E-state index contributed by atoms with van der Waals surface area (Å²) >= 11 is 6.23. The number of nitrogens with one attached hydrogen (secondary N) is 4. The third-order valence-electron chi connectivity index (χ3n) is 5.38. The summed E-state index contributed by atoms with van der Waals surface area (Å²) in [5, 5.41) is 23.8. The maximum Gasteiger partial charge on any atom is 0.227 e. The maximum atomic E-state index is 12.9. The fraction of sp³-hybridized carbons (Fsp3) is 0.450. The molecule has 4 rings (SSSR count). The number of halogens is 1. The number of anilines is 2. The Bertz CT molecular complexity index is 1070. The first-order valence-electron chi connectivity index (χ1n) is 10.5. The van der Waals surface area contributed by atoms with Crippen molar-refractivity contribution in [3.63, 3.8) is 0 Å². The molecular formula is C20H25ClN10O. The average molecular weight is 457 g/mol. The van der Waals surface area contributed by atoms with Crippen LogP contribution in [0.25, 0.3) is 11.4 Å². The molecular weight excluding hydrogens is 432 g/mol. The van der Waals surface area contributed by atoms with E-state index in [4.69, 9.17) is 11.6 Å². The van der Waals surface area contributed by atoms with E-state index in [1.54, 1.807) is 13.1 Å². The average Bonchev–Trinajstić information content (AvgIpc) is 3.32. The van der Waals surface area contributed by atoms with Crippen molar-refractivity contribution in [3.05, 3.63) is 34.6 Å². The van der Waals surface area contributed by atoms with Gasteiger partial charge in [-0.3, -0.25) is 4.79 Å². The maximum absolute atomic E-state index is 12.9. The van der Waals surface area contributed by atoms with Crippen molar-refractivity contribution in [1.82, 2.24) is 40.9 Å². The SMILES string of the molecule is CNc1nc(C)nc(N[C@@H]2CCC[C@H](C(=O)NCc3cc(Cl)cc(-c4nn[nH]n4)c3)C2)n1. The molecule has 0 spiro atoms. The van der Waals surface area contributed by atoms with Crippen LogP contribution >= 0.6 is 11.6 Å². The van der Waals surface area contributed by atoms with Crippen LogP contribution in [-0.4, -0.2) is 54.6 Å². The molecule has 1 aliphatic rings. The van der Waals surface area contributed by atoms with Crippen molar-refractivity contribution in [1.29, 1.82) is 0 Å². The highest BCUT2D eigenvalue weighted by molar-refractivity contribution is 6.30. The van der Waals surface area contributed by atoms with E-state index in [2.05, 4.69) is 51.5 Å². The molecule has 2 heterocycles. The van der Waals surface area contributed by atoms with Crippen LogP contribution in [-0.2, 0) is 11.3 Å². The zero-order chi connectivity index (χ0) is 22.5. The largest absolute Gasteiger partial charge is 0.357 e. The van der Waals surface area contributed by atoms with Crippen LogP contribution in [0.3, 0.4) is 0 Å². The molecule has 1 saturated carbocycles. The van der Waals surface area contributed by atoms with E-state index in [1.807, 2.05) is 19.1 Å². The summed E-state index contributed by atoms with van der Waals surface area (Å²) in [7, 11) is 1.77. The van der Waals surface area contributed by atoms with Gasteiger partial charge in [0, 0.05) is 36.1 Å². The summed E-state index contributed by atoms with van der Waals surface area (Å²) in [5.41, 5.74) is 1.61. The number of amides is 1. The molecule has 0 aliphatic heterocycles. The summed E-state index contributed by atoms with van der Waals surface area (Å²) < 4.78 is 0. The van der Waals surface area contributed by atoms with Gasteiger partial charge in [0.2, 0.25) is 23.6 Å². The molecule has 1 amide bonds. The van der Waals surface area contributed by atoms with Gasteiger partial charge in [-0.15, -0.1) is 10.2 Å². The van der Waals surface area contributed by atoms with Crippen LogP contribution in [0.4, 0.5) is 11.9 Å². The van der Waals surface area contributed by atoms with Crippen LogP contribution in [0.5, 0.6) is 0 Å². The molecule has 0 unspecified atom stereocenters. The Hall–Kier alpha value is -3.34. The number of benzene rings is 1. The molecule has 1 aromatic carbocycles. The third kappa shape index (κ3) is 5.47. The molecule has 12 heteroatoms. The minimum atomic E-state index is -0.0798. The molecule has 2 aromatic heterocycles. The van der Waals surface area contributed by atoms with Gasteiger partial charge in [0.15, 0.2) is 0 Å². The van der Waals surface area contributed by atoms with Crippen molar-refractivity contribution in [2.75, 3.05) is 17.7 Å². The van der Waals surface area contributed by atoms with E-state index >= 15 is 0 Å². The summed E-state index contributed by atoms with van der Waals surface area (Å²) in [5.74, 6) is 2.09. The zero-order valence-corrected chi connectivity index (χ0v) is 18.6. The van der Waals surface area contributed by atoms with Crippen LogP contribution < -0.4 is 16.0 Å². The summed E-state index contributed by atoms with van der Waals surface area (Å²) in [4.78, 5) is 25.8. The number of tetrazole rings is 1. The first-order valence-corrected chi connectivity index (χ1v) is 10.9. The van der Waals surface area contributed by atoms with Gasteiger partial charge >= 0.3 is 0 Å². The topological polar surface area (TPSA) is 146 Å². The number of H-pyrrole nitrogens is 1. The highest BCUT2D eigenvalue weighted by Crippen LogP contribution is 2.27. The summed E-state index contributed by atoms with van der Waals surface area (Å²) in [6.45, 7) is 2.20. The Morgan fingerprint density at radius 3 is 2.81 bits per heavy atom. The molecule has 0 radical (unpaired) electrons. The van der Waals surface area contributed by atoms with Crippen LogP contribution in [0.2, 0.25) is 5.02 Å². The van der Waals surface area contributed by atoms with Crippen LogP contribution in [0.1, 0.15) is 37.1 Å². The Morgan fingerprint density at radius 1 is 1.19 bits per heavy atom. The lowest BCUT2D eigenvalue weighted by molar-refractivity contribution is -0.126. The van der Waals surface area contributed by atoms with E-state index in [-0.39, 0.29) is 17.9 Å². The number of carbonyl (C=O) groups is 1. The Kier molecular flexibility index (Phi) is 6.74. The van der Waals surface area contributed by atoms with Crippen molar-refractivity contribution in [2.24, 2.45) is 5.92 Å². The van der Waals surface area contributed by atoms with Crippen LogP contribution in [0.15, 0.2) is 18.2 Å². The van der Waals surface area contributed by atoms with Gasteiger partial charge in [-0.1, -0.05) is 18.0 Å². The van der Waals surface area contributed by atoms with Crippen molar-refractivity contribution in [3.8, 4) is 11.4 Å². The Labute approximate surface area is 190 Å². The first-order chi connectivity index (χ1) is 15.5. The minimum absolute atomic E-state index is 0.0281. The number of nitrogens with zero attached hydrogens (tertiary/aromatic N) is 6. The molecule has 0 saturated heterocycles. The second-order valence-electron chi connectivity index (χ2n) is 7.79. The normalized spacial score (nSPS) is 18.2. The molecule has 1 fully saturated rings. The summed E-state index contributed by atoms with van der Waals surface area (Å²) in [6.07, 6.45) is 3.49. The van der Waals surface area contributed by atoms with Crippen molar-refractivity contribution in [2.45, 2.75) is 45.2 Å². The lowest BCUT2D eigenvalue weighted by atomic mass is 9.85. The number of hydrogen-bond acceptors (Lipinski definition) is 9. The predicted octanol–water partition coefficient (Wildman–Crippen LogP) is 2.34. The van der Waals surface area contributed by atoms with Gasteiger partial charge in [0.05, 0.1) is 0 Å². The number of aromatic nitrogens is 7. The van der Waals surface area contributed by atoms with Gasteiger partial charge in [0.1, 0.15) is 5.82 Å². The standard InChI is InChI=1S/C20H25ClN10O/c1-11-24-19(22-2)27-20(25-11)26-16-5-3-4-13(9-16)18(32)23-10-12-6-14(8-15(21)7-12)17-28-30-31-29-17/h6-8,13,16H,3-5,9-10H2,1-2H3,(H,23,32)(H,28,29,30,31)(H2,22,24,25,26,27)/t13-,16+/m0/s1. The molecule has 4 N–H and O–H groups in total. The van der Waals surface area contributed by atoms with Crippen LogP contribution in [0, 0.1) is 12.8 Å². The van der Waals surface area contributed by atoms with Crippen molar-refractivity contribution >= 4 is 29.4 Å². The Balaban J connectivity index is 1.35. The van der Waals surface area contributed by atoms with Gasteiger partial charge < -0.3 is 16.0 Å². The fourth-order valence-corrected chi connectivity index (χ4v) is 4.16. The van der Waals surface area contributed by atoms with E-state index in [1.165, 1.54) is 0 Å². The third-order valence-corrected chi connectivity index (χ3v) is 5.60. The van der Waals surface area contributed by atoms with Crippen molar-refractivity contribution < 1.29 is 4.79 Å². The lowest BCUT2D eigenvalue weighted by Gasteiger charge is -2.29. The first kappa shape index (κ1) is 21.9. The van der Waals surface area contributed by atoms with Gasteiger partial charge in [-0.2, -0.15) is 20.2 Å². The number of rotatable bonds is 7. The molecule has 2 atom stereocenters. The van der Waals surface area contributed by atoms with Gasteiger partial charge in [-0.05, 0) is 55.2 Å². The zero-order valence-electron chi connectivity index (χ0n) is 17.9. The van der Waals surface area contributed by atoms with Gasteiger partial charge in [-0.25, -0.2) is 0 Å². The van der Waals surface area contributed by atoms with E-state index in [9.17, 15) is 4.79 Å². The Morgan fingerprint density at radius 2 is 2.03 bits per heavy atom. The molecule has 1 aliphatic carbocycles. The predicted molar refractivity (Wildman–Crippen MR) is 120 cm³/mol. The second kappa shape index (κ2) is 9.86. The summed E-state index contributed by atoms with van der Waals surface area (Å²) in [6, 6.07) is 5.60. The number of hydrogen-bond donors (Lipinski definition) is 4. The fourth-order valence-electron chi connectivity index (χ4n) is 3.90. The van der Waals surface area contributed by atoms with E-state index < -0.39 is 0 Å². The van der Waals surface area contributed by atoms with Gasteiger partial charge in [0.25, 0.3) is 0 Å². The van der Waals surface area contributed by atoms with E-state index in [0.717, 1.165) is 36.8 Å². The monoisotopic (exact) mass is 456 g/mol. The number of carbonyl (C=O) groups excluding carboxylic acids is 1. The highest BCUT2D eigenvalue weighted by Gasteiger charge is 2.27. The molecule has 0 bridgehead atoms. The molecule has 3 aromatic rings. The highest BCUT2D eigenvalue weighted by atomic mass is 35.5. The molecule has 168 valence electrons. The number of aryl methyl sites for hydroxylation is 1. The second-order valence-corrected chi connectivity index (χ2v) is 8.22. The minimum Gasteiger partial charge on any atom is -0.357 e. The number of aromatic amines is 1. The smallest absolute Gasteiger partial charge is 0.227 e. The molecule has 11 nitrogen and oxygen atoms in total. The lowest BCUT2D eigenvalue weighted by Crippen LogP contribution is -2.37. The van der Waals surface area contributed by atoms with E-state index in [0.29, 0.717) is 35.1 Å².